The minimum Gasteiger partial charge on any atom is -0.309 e. The van der Waals surface area contributed by atoms with Crippen LogP contribution in [0.1, 0.15) is 0 Å². The first-order valence-corrected chi connectivity index (χ1v) is 19.6. The Morgan fingerprint density at radius 3 is 1.50 bits per heavy atom. The lowest BCUT2D eigenvalue weighted by Crippen LogP contribution is -2.12. The molecule has 11 aromatic rings. The van der Waals surface area contributed by atoms with Crippen molar-refractivity contribution >= 4 is 60.7 Å². The van der Waals surface area contributed by atoms with Gasteiger partial charge >= 0.3 is 0 Å². The van der Waals surface area contributed by atoms with Crippen LogP contribution in [0, 0.1) is 5.82 Å². The minimum atomic E-state index is -0.293. The van der Waals surface area contributed by atoms with Crippen molar-refractivity contribution in [3.63, 3.8) is 0 Å². The maximum Gasteiger partial charge on any atom is 0.125 e. The number of rotatable bonds is 7. The van der Waals surface area contributed by atoms with Crippen LogP contribution in [0.3, 0.4) is 0 Å². The van der Waals surface area contributed by atoms with Gasteiger partial charge in [-0.25, -0.2) is 4.39 Å². The second kappa shape index (κ2) is 13.8. The third-order valence-electron chi connectivity index (χ3n) is 11.3. The average Bonchev–Trinajstić information content (AvgIpc) is 3.80. The smallest absolute Gasteiger partial charge is 0.125 e. The second-order valence-corrected chi connectivity index (χ2v) is 14.7. The maximum absolute atomic E-state index is 15.4. The fraction of sp³-hybridized carbons (Fsp3) is 0. The molecular formula is C54H36FN3. The first-order chi connectivity index (χ1) is 28.7. The van der Waals surface area contributed by atoms with Gasteiger partial charge < -0.3 is 14.0 Å². The van der Waals surface area contributed by atoms with E-state index in [1.165, 1.54) is 17.0 Å². The van der Waals surface area contributed by atoms with E-state index >= 15 is 4.39 Å². The van der Waals surface area contributed by atoms with Crippen LogP contribution in [0.5, 0.6) is 0 Å². The van der Waals surface area contributed by atoms with Gasteiger partial charge in [0.15, 0.2) is 0 Å². The van der Waals surface area contributed by atoms with Gasteiger partial charge in [-0.1, -0.05) is 146 Å². The topological polar surface area (TPSA) is 13.1 Å². The van der Waals surface area contributed by atoms with Crippen LogP contribution < -0.4 is 4.90 Å². The summed E-state index contributed by atoms with van der Waals surface area (Å²) in [4.78, 5) is 2.21. The molecule has 4 heteroatoms. The third-order valence-corrected chi connectivity index (χ3v) is 11.3. The Morgan fingerprint density at radius 1 is 0.328 bits per heavy atom. The summed E-state index contributed by atoms with van der Waals surface area (Å²) in [6.45, 7) is 0. The fourth-order valence-corrected chi connectivity index (χ4v) is 8.78. The van der Waals surface area contributed by atoms with Crippen LogP contribution in [0.2, 0.25) is 0 Å². The van der Waals surface area contributed by atoms with E-state index < -0.39 is 0 Å². The molecule has 0 saturated heterocycles. The number of hydrogen-bond donors (Lipinski definition) is 0. The summed E-state index contributed by atoms with van der Waals surface area (Å²) in [5.41, 5.74) is 13.7. The van der Waals surface area contributed by atoms with Crippen LogP contribution in [-0.2, 0) is 0 Å². The van der Waals surface area contributed by atoms with Crippen LogP contribution in [-0.4, -0.2) is 9.13 Å². The molecule has 0 aliphatic rings. The van der Waals surface area contributed by atoms with Gasteiger partial charge in [-0.2, -0.15) is 0 Å². The second-order valence-electron chi connectivity index (χ2n) is 14.7. The molecule has 0 aliphatic carbocycles. The zero-order valence-corrected chi connectivity index (χ0v) is 31.5. The molecule has 0 aliphatic heterocycles. The average molecular weight is 746 g/mol. The van der Waals surface area contributed by atoms with Crippen LogP contribution in [0.4, 0.5) is 21.5 Å². The fourth-order valence-electron chi connectivity index (χ4n) is 8.78. The van der Waals surface area contributed by atoms with Gasteiger partial charge in [-0.05, 0) is 95.1 Å². The zero-order valence-electron chi connectivity index (χ0n) is 31.5. The molecule has 0 bridgehead atoms. The minimum absolute atomic E-state index is 0.293. The lowest BCUT2D eigenvalue weighted by Gasteiger charge is -2.27. The van der Waals surface area contributed by atoms with E-state index in [9.17, 15) is 0 Å². The molecule has 0 atom stereocenters. The molecule has 0 fully saturated rings. The van der Waals surface area contributed by atoms with Crippen molar-refractivity contribution in [2.24, 2.45) is 0 Å². The molecule has 2 heterocycles. The molecule has 0 amide bonds. The molecule has 0 unspecified atom stereocenters. The Kier molecular flexibility index (Phi) is 8.00. The number of aromatic nitrogens is 2. The maximum atomic E-state index is 15.4. The quantitative estimate of drug-likeness (QED) is 0.158. The molecular weight excluding hydrogens is 710 g/mol. The van der Waals surface area contributed by atoms with E-state index in [1.54, 1.807) is 12.1 Å². The van der Waals surface area contributed by atoms with Crippen molar-refractivity contribution in [3.8, 4) is 33.6 Å². The molecule has 0 N–H and O–H groups in total. The molecule has 58 heavy (non-hydrogen) atoms. The Morgan fingerprint density at radius 2 is 0.828 bits per heavy atom. The van der Waals surface area contributed by atoms with Crippen molar-refractivity contribution in [1.82, 2.24) is 9.13 Å². The zero-order chi connectivity index (χ0) is 38.6. The predicted molar refractivity (Wildman–Crippen MR) is 241 cm³/mol. The first-order valence-electron chi connectivity index (χ1n) is 19.6. The normalized spacial score (nSPS) is 11.5. The monoisotopic (exact) mass is 745 g/mol. The van der Waals surface area contributed by atoms with Gasteiger partial charge in [-0.15, -0.1) is 0 Å². The number of benzene rings is 9. The molecule has 0 saturated carbocycles. The van der Waals surface area contributed by atoms with Gasteiger partial charge in [0.05, 0.1) is 27.8 Å². The standard InChI is InChI=1S/C54H36FN3/c55-41-21-13-24-44(35-41)56(45-31-32-48-46-25-7-9-28-50(46)57(53(48)36-45)42-22-11-19-39(33-42)37-15-3-1-4-16-37)52-30-14-27-49-47-26-8-10-29-51(47)58(54(49)52)43-23-12-20-40(34-43)38-17-5-2-6-18-38/h1-36H. The summed E-state index contributed by atoms with van der Waals surface area (Å²) >= 11 is 0. The van der Waals surface area contributed by atoms with E-state index in [4.69, 9.17) is 0 Å². The number of halogens is 1. The summed E-state index contributed by atoms with van der Waals surface area (Å²) in [6, 6.07) is 75.7. The Hall–Kier alpha value is -7.69. The highest BCUT2D eigenvalue weighted by Gasteiger charge is 2.23. The van der Waals surface area contributed by atoms with Crippen molar-refractivity contribution in [1.29, 1.82) is 0 Å². The SMILES string of the molecule is Fc1cccc(N(c2ccc3c4ccccc4n(-c4cccc(-c5ccccc5)c4)c3c2)c2cccc3c4ccccc4n(-c4cccc(-c5ccccc5)c4)c23)c1. The van der Waals surface area contributed by atoms with Gasteiger partial charge in [0, 0.05) is 44.3 Å². The number of anilines is 3. The Bertz CT molecular complexity index is 3310. The molecule has 9 aromatic carbocycles. The lowest BCUT2D eigenvalue weighted by molar-refractivity contribution is 0.628. The summed E-state index contributed by atoms with van der Waals surface area (Å²) < 4.78 is 20.1. The summed E-state index contributed by atoms with van der Waals surface area (Å²) in [5, 5.41) is 4.59. The van der Waals surface area contributed by atoms with E-state index in [0.717, 1.165) is 83.4 Å². The molecule has 3 nitrogen and oxygen atoms in total. The van der Waals surface area contributed by atoms with E-state index in [1.807, 2.05) is 18.2 Å². The van der Waals surface area contributed by atoms with Crippen molar-refractivity contribution in [2.75, 3.05) is 4.90 Å². The predicted octanol–water partition coefficient (Wildman–Crippen LogP) is 14.8. The van der Waals surface area contributed by atoms with Crippen LogP contribution in [0.15, 0.2) is 218 Å². The molecule has 0 spiro atoms. The number of nitrogens with zero attached hydrogens (tertiary/aromatic N) is 3. The summed E-state index contributed by atoms with van der Waals surface area (Å²) in [5.74, 6) is -0.293. The highest BCUT2D eigenvalue weighted by molar-refractivity contribution is 6.15. The molecule has 274 valence electrons. The van der Waals surface area contributed by atoms with E-state index in [-0.39, 0.29) is 5.82 Å². The Labute approximate surface area is 335 Å². The molecule has 2 aromatic heterocycles. The lowest BCUT2D eigenvalue weighted by atomic mass is 10.1. The van der Waals surface area contributed by atoms with Gasteiger partial charge in [-0.3, -0.25) is 0 Å². The Balaban J connectivity index is 1.18. The van der Waals surface area contributed by atoms with Crippen molar-refractivity contribution in [3.05, 3.63) is 224 Å². The first kappa shape index (κ1) is 33.6. The highest BCUT2D eigenvalue weighted by atomic mass is 19.1. The number of fused-ring (bicyclic) bond motifs is 6. The number of hydrogen-bond acceptors (Lipinski definition) is 1. The summed E-state index contributed by atoms with van der Waals surface area (Å²) in [7, 11) is 0. The van der Waals surface area contributed by atoms with Gasteiger partial charge in [0.25, 0.3) is 0 Å². The molecule has 11 rings (SSSR count). The molecule has 0 radical (unpaired) electrons. The van der Waals surface area contributed by atoms with E-state index in [0.29, 0.717) is 0 Å². The largest absolute Gasteiger partial charge is 0.309 e. The van der Waals surface area contributed by atoms with E-state index in [2.05, 4.69) is 196 Å². The van der Waals surface area contributed by atoms with Crippen LogP contribution >= 0.6 is 0 Å². The summed E-state index contributed by atoms with van der Waals surface area (Å²) in [6.07, 6.45) is 0. The van der Waals surface area contributed by atoms with Crippen molar-refractivity contribution in [2.45, 2.75) is 0 Å². The number of para-hydroxylation sites is 3. The highest BCUT2D eigenvalue weighted by Crippen LogP contribution is 2.45. The third kappa shape index (κ3) is 5.57. The van der Waals surface area contributed by atoms with Gasteiger partial charge in [0.1, 0.15) is 5.82 Å². The van der Waals surface area contributed by atoms with Gasteiger partial charge in [0.2, 0.25) is 0 Å². The van der Waals surface area contributed by atoms with Crippen molar-refractivity contribution < 1.29 is 4.39 Å². The van der Waals surface area contributed by atoms with Crippen LogP contribution in [0.25, 0.3) is 77.2 Å².